The van der Waals surface area contributed by atoms with Gasteiger partial charge in [-0.25, -0.2) is 13.2 Å². The summed E-state index contributed by atoms with van der Waals surface area (Å²) in [5.74, 6) is -3.20. The lowest BCUT2D eigenvalue weighted by Crippen LogP contribution is -1.95. The van der Waals surface area contributed by atoms with E-state index in [0.717, 1.165) is 6.07 Å². The van der Waals surface area contributed by atoms with Gasteiger partial charge in [0, 0.05) is 11.6 Å². The minimum atomic E-state index is -1.23. The van der Waals surface area contributed by atoms with Gasteiger partial charge >= 0.3 is 0 Å². The summed E-state index contributed by atoms with van der Waals surface area (Å²) in [6.45, 7) is -0.297. The monoisotopic (exact) mass is 238 g/mol. The summed E-state index contributed by atoms with van der Waals surface area (Å²) in [5.41, 5.74) is 0.748. The quantitative estimate of drug-likeness (QED) is 0.796. The van der Waals surface area contributed by atoms with Crippen LogP contribution in [0.1, 0.15) is 5.56 Å². The second kappa shape index (κ2) is 4.59. The van der Waals surface area contributed by atoms with Gasteiger partial charge in [-0.15, -0.1) is 0 Å². The van der Waals surface area contributed by atoms with Crippen LogP contribution in [0, 0.1) is 17.5 Å². The van der Waals surface area contributed by atoms with Crippen molar-refractivity contribution in [2.24, 2.45) is 0 Å². The van der Waals surface area contributed by atoms with Gasteiger partial charge < -0.3 is 5.11 Å². The van der Waals surface area contributed by atoms with E-state index in [1.807, 2.05) is 0 Å². The molecule has 0 spiro atoms. The minimum Gasteiger partial charge on any atom is -0.392 e. The highest BCUT2D eigenvalue weighted by Crippen LogP contribution is 2.28. The zero-order valence-electron chi connectivity index (χ0n) is 8.75. The molecule has 0 aliphatic heterocycles. The summed E-state index contributed by atoms with van der Waals surface area (Å²) in [5, 5.41) is 9.10. The molecule has 0 aliphatic carbocycles. The first kappa shape index (κ1) is 11.7. The molecule has 88 valence electrons. The van der Waals surface area contributed by atoms with Crippen LogP contribution in [0.4, 0.5) is 13.2 Å². The highest BCUT2D eigenvalue weighted by atomic mass is 19.2. The van der Waals surface area contributed by atoms with E-state index in [1.165, 1.54) is 0 Å². The number of halogens is 3. The minimum absolute atomic E-state index is 0.0615. The molecule has 0 saturated heterocycles. The Morgan fingerprint density at radius 3 is 2.18 bits per heavy atom. The van der Waals surface area contributed by atoms with Gasteiger partial charge in [0.15, 0.2) is 11.6 Å². The molecule has 0 aliphatic rings. The van der Waals surface area contributed by atoms with E-state index in [-0.39, 0.29) is 12.2 Å². The second-order valence-electron chi connectivity index (χ2n) is 3.56. The summed E-state index contributed by atoms with van der Waals surface area (Å²) in [6.07, 6.45) is 0. The fourth-order valence-electron chi connectivity index (χ4n) is 1.65. The van der Waals surface area contributed by atoms with Crippen LogP contribution in [0.15, 0.2) is 36.4 Å². The number of aliphatic hydroxyl groups is 1. The molecule has 4 heteroatoms. The van der Waals surface area contributed by atoms with E-state index in [9.17, 15) is 13.2 Å². The Labute approximate surface area is 96.1 Å². The summed E-state index contributed by atoms with van der Waals surface area (Å²) >= 11 is 0. The van der Waals surface area contributed by atoms with Crippen molar-refractivity contribution in [3.63, 3.8) is 0 Å². The van der Waals surface area contributed by atoms with Crippen LogP contribution >= 0.6 is 0 Å². The molecule has 0 bridgehead atoms. The molecule has 0 aromatic heterocycles. The third-order valence-electron chi connectivity index (χ3n) is 2.49. The highest BCUT2D eigenvalue weighted by Gasteiger charge is 2.13. The third-order valence-corrected chi connectivity index (χ3v) is 2.49. The van der Waals surface area contributed by atoms with Crippen LogP contribution in [-0.2, 0) is 6.61 Å². The molecule has 0 heterocycles. The smallest absolute Gasteiger partial charge is 0.161 e. The molecular formula is C13H9F3O. The van der Waals surface area contributed by atoms with Crippen molar-refractivity contribution in [2.75, 3.05) is 0 Å². The lowest BCUT2D eigenvalue weighted by molar-refractivity contribution is 0.282. The van der Waals surface area contributed by atoms with Crippen LogP contribution in [0.2, 0.25) is 0 Å². The van der Waals surface area contributed by atoms with Gasteiger partial charge in [-0.1, -0.05) is 24.3 Å². The fourth-order valence-corrected chi connectivity index (χ4v) is 1.65. The lowest BCUT2D eigenvalue weighted by atomic mass is 9.99. The second-order valence-corrected chi connectivity index (χ2v) is 3.56. The molecule has 17 heavy (non-hydrogen) atoms. The Hall–Kier alpha value is -1.81. The lowest BCUT2D eigenvalue weighted by Gasteiger charge is -2.08. The topological polar surface area (TPSA) is 20.2 Å². The van der Waals surface area contributed by atoms with Crippen molar-refractivity contribution in [1.29, 1.82) is 0 Å². The first-order valence-electron chi connectivity index (χ1n) is 4.97. The van der Waals surface area contributed by atoms with Gasteiger partial charge in [0.05, 0.1) is 6.61 Å². The first-order chi connectivity index (χ1) is 8.13. The Morgan fingerprint density at radius 2 is 1.47 bits per heavy atom. The molecule has 0 atom stereocenters. The summed E-state index contributed by atoms with van der Waals surface area (Å²) in [4.78, 5) is 0. The molecule has 0 radical (unpaired) electrons. The molecule has 2 rings (SSSR count). The van der Waals surface area contributed by atoms with Gasteiger partial charge in [-0.05, 0) is 17.2 Å². The Morgan fingerprint density at radius 1 is 0.824 bits per heavy atom. The SMILES string of the molecule is OCc1ccccc1-c1cc(F)c(F)cc1F. The normalized spacial score (nSPS) is 10.6. The van der Waals surface area contributed by atoms with Gasteiger partial charge in [-0.2, -0.15) is 0 Å². The van der Waals surface area contributed by atoms with Crippen molar-refractivity contribution in [3.8, 4) is 11.1 Å². The maximum atomic E-state index is 13.5. The van der Waals surface area contributed by atoms with Crippen molar-refractivity contribution in [3.05, 3.63) is 59.4 Å². The predicted octanol–water partition coefficient (Wildman–Crippen LogP) is 3.26. The number of hydrogen-bond donors (Lipinski definition) is 1. The number of rotatable bonds is 2. The predicted molar refractivity (Wildman–Crippen MR) is 57.7 cm³/mol. The van der Waals surface area contributed by atoms with Crippen molar-refractivity contribution < 1.29 is 18.3 Å². The number of hydrogen-bond acceptors (Lipinski definition) is 1. The average molecular weight is 238 g/mol. The first-order valence-corrected chi connectivity index (χ1v) is 4.97. The summed E-state index contributed by atoms with van der Waals surface area (Å²) < 4.78 is 39.4. The maximum absolute atomic E-state index is 13.5. The van der Waals surface area contributed by atoms with Gasteiger partial charge in [-0.3, -0.25) is 0 Å². The van der Waals surface area contributed by atoms with Gasteiger partial charge in [0.25, 0.3) is 0 Å². The molecule has 2 aromatic carbocycles. The molecule has 1 N–H and O–H groups in total. The van der Waals surface area contributed by atoms with Crippen molar-refractivity contribution in [2.45, 2.75) is 6.61 Å². The van der Waals surface area contributed by atoms with Crippen LogP contribution in [0.3, 0.4) is 0 Å². The average Bonchev–Trinajstić information content (AvgIpc) is 2.34. The van der Waals surface area contributed by atoms with Crippen LogP contribution in [0.25, 0.3) is 11.1 Å². The summed E-state index contributed by atoms with van der Waals surface area (Å²) in [6, 6.07) is 7.73. The molecule has 1 nitrogen and oxygen atoms in total. The number of benzene rings is 2. The van der Waals surface area contributed by atoms with E-state index in [4.69, 9.17) is 5.11 Å². The van der Waals surface area contributed by atoms with Gasteiger partial charge in [0.1, 0.15) is 5.82 Å². The molecule has 2 aromatic rings. The van der Waals surface area contributed by atoms with Crippen molar-refractivity contribution in [1.82, 2.24) is 0 Å². The molecular weight excluding hydrogens is 229 g/mol. The Kier molecular flexibility index (Phi) is 3.15. The van der Waals surface area contributed by atoms with E-state index in [2.05, 4.69) is 0 Å². The zero-order valence-corrected chi connectivity index (χ0v) is 8.75. The van der Waals surface area contributed by atoms with E-state index in [0.29, 0.717) is 17.2 Å². The third kappa shape index (κ3) is 2.17. The van der Waals surface area contributed by atoms with E-state index >= 15 is 0 Å². The van der Waals surface area contributed by atoms with Crippen molar-refractivity contribution >= 4 is 0 Å². The Bertz CT molecular complexity index is 552. The highest BCUT2D eigenvalue weighted by molar-refractivity contribution is 5.67. The van der Waals surface area contributed by atoms with Crippen LogP contribution in [-0.4, -0.2) is 5.11 Å². The maximum Gasteiger partial charge on any atom is 0.161 e. The molecule has 0 amide bonds. The van der Waals surface area contributed by atoms with Crippen LogP contribution in [0.5, 0.6) is 0 Å². The van der Waals surface area contributed by atoms with E-state index < -0.39 is 17.5 Å². The van der Waals surface area contributed by atoms with Gasteiger partial charge in [0.2, 0.25) is 0 Å². The fraction of sp³-hybridized carbons (Fsp3) is 0.0769. The zero-order chi connectivity index (χ0) is 12.4. The number of aliphatic hydroxyl groups excluding tert-OH is 1. The van der Waals surface area contributed by atoms with E-state index in [1.54, 1.807) is 24.3 Å². The Balaban J connectivity index is 2.64. The summed E-state index contributed by atoms with van der Waals surface area (Å²) in [7, 11) is 0. The molecule has 0 fully saturated rings. The van der Waals surface area contributed by atoms with Crippen LogP contribution < -0.4 is 0 Å². The largest absolute Gasteiger partial charge is 0.392 e. The standard InChI is InChI=1S/C13H9F3O/c14-11-6-13(16)12(15)5-10(11)9-4-2-1-3-8(9)7-17/h1-6,17H,7H2. The molecule has 0 saturated carbocycles. The molecule has 0 unspecified atom stereocenters.